The van der Waals surface area contributed by atoms with Gasteiger partial charge < -0.3 is 15.3 Å². The SMILES string of the molecule is OCc1ccccc1NCc1ccc(N2CCCCC2)cc1. The van der Waals surface area contributed by atoms with Crippen LogP contribution in [-0.4, -0.2) is 18.2 Å². The van der Waals surface area contributed by atoms with Crippen molar-refractivity contribution < 1.29 is 5.11 Å². The van der Waals surface area contributed by atoms with E-state index in [9.17, 15) is 5.11 Å². The molecule has 2 aromatic carbocycles. The number of anilines is 2. The number of aliphatic hydroxyl groups is 1. The van der Waals surface area contributed by atoms with Crippen molar-refractivity contribution in [1.82, 2.24) is 0 Å². The van der Waals surface area contributed by atoms with Crippen LogP contribution in [0.3, 0.4) is 0 Å². The first-order valence-electron chi connectivity index (χ1n) is 8.13. The van der Waals surface area contributed by atoms with Gasteiger partial charge in [0.15, 0.2) is 0 Å². The molecule has 22 heavy (non-hydrogen) atoms. The third-order valence-electron chi connectivity index (χ3n) is 4.33. The van der Waals surface area contributed by atoms with Crippen LogP contribution in [0.1, 0.15) is 30.4 Å². The summed E-state index contributed by atoms with van der Waals surface area (Å²) in [6.45, 7) is 3.21. The van der Waals surface area contributed by atoms with E-state index in [1.54, 1.807) is 0 Å². The molecule has 0 aromatic heterocycles. The highest BCUT2D eigenvalue weighted by Gasteiger charge is 2.10. The zero-order valence-electron chi connectivity index (χ0n) is 13.0. The van der Waals surface area contributed by atoms with Crippen molar-refractivity contribution in [3.05, 3.63) is 59.7 Å². The average Bonchev–Trinajstić information content (AvgIpc) is 2.61. The van der Waals surface area contributed by atoms with Gasteiger partial charge >= 0.3 is 0 Å². The molecule has 0 radical (unpaired) electrons. The molecule has 0 atom stereocenters. The second-order valence-electron chi connectivity index (χ2n) is 5.88. The molecule has 0 amide bonds. The van der Waals surface area contributed by atoms with E-state index in [1.165, 1.54) is 43.6 Å². The maximum atomic E-state index is 9.35. The number of nitrogens with one attached hydrogen (secondary N) is 1. The summed E-state index contributed by atoms with van der Waals surface area (Å²) in [5.41, 5.74) is 4.53. The second kappa shape index (κ2) is 7.32. The zero-order valence-corrected chi connectivity index (χ0v) is 13.0. The quantitative estimate of drug-likeness (QED) is 0.881. The molecule has 3 heteroatoms. The minimum Gasteiger partial charge on any atom is -0.392 e. The molecule has 2 aromatic rings. The molecule has 1 aliphatic rings. The Kier molecular flexibility index (Phi) is 4.96. The molecule has 1 aliphatic heterocycles. The van der Waals surface area contributed by atoms with Crippen molar-refractivity contribution in [3.63, 3.8) is 0 Å². The summed E-state index contributed by atoms with van der Waals surface area (Å²) in [7, 11) is 0. The fourth-order valence-corrected chi connectivity index (χ4v) is 3.00. The standard InChI is InChI=1S/C19H24N2O/c22-15-17-6-2-3-7-19(17)20-14-16-8-10-18(11-9-16)21-12-4-1-5-13-21/h2-3,6-11,20,22H,1,4-5,12-15H2. The number of piperidine rings is 1. The fourth-order valence-electron chi connectivity index (χ4n) is 3.00. The molecule has 0 bridgehead atoms. The molecule has 3 rings (SSSR count). The minimum absolute atomic E-state index is 0.0665. The van der Waals surface area contributed by atoms with Gasteiger partial charge in [0.1, 0.15) is 0 Å². The van der Waals surface area contributed by atoms with Crippen LogP contribution in [0.15, 0.2) is 48.5 Å². The van der Waals surface area contributed by atoms with Gasteiger partial charge in [-0.05, 0) is 43.0 Å². The first-order valence-corrected chi connectivity index (χ1v) is 8.13. The van der Waals surface area contributed by atoms with Crippen LogP contribution in [0.5, 0.6) is 0 Å². The smallest absolute Gasteiger partial charge is 0.0701 e. The summed E-state index contributed by atoms with van der Waals surface area (Å²) in [5, 5.41) is 12.8. The number of para-hydroxylation sites is 1. The molecular formula is C19H24N2O. The number of rotatable bonds is 5. The van der Waals surface area contributed by atoms with Crippen molar-refractivity contribution in [2.45, 2.75) is 32.4 Å². The van der Waals surface area contributed by atoms with E-state index in [0.717, 1.165) is 17.8 Å². The number of hydrogen-bond acceptors (Lipinski definition) is 3. The van der Waals surface area contributed by atoms with E-state index >= 15 is 0 Å². The molecule has 1 heterocycles. The lowest BCUT2D eigenvalue weighted by molar-refractivity contribution is 0.282. The summed E-state index contributed by atoms with van der Waals surface area (Å²) >= 11 is 0. The van der Waals surface area contributed by atoms with E-state index in [0.29, 0.717) is 0 Å². The third kappa shape index (κ3) is 3.60. The topological polar surface area (TPSA) is 35.5 Å². The predicted molar refractivity (Wildman–Crippen MR) is 92.2 cm³/mol. The van der Waals surface area contributed by atoms with Crippen LogP contribution in [0.2, 0.25) is 0 Å². The van der Waals surface area contributed by atoms with Crippen LogP contribution in [0, 0.1) is 0 Å². The summed E-state index contributed by atoms with van der Waals surface area (Å²) in [6, 6.07) is 16.7. The lowest BCUT2D eigenvalue weighted by Crippen LogP contribution is -2.29. The highest BCUT2D eigenvalue weighted by atomic mass is 16.3. The predicted octanol–water partition coefficient (Wildman–Crippen LogP) is 3.78. The Bertz CT molecular complexity index is 589. The number of benzene rings is 2. The van der Waals surface area contributed by atoms with Crippen molar-refractivity contribution in [3.8, 4) is 0 Å². The molecule has 3 nitrogen and oxygen atoms in total. The Morgan fingerprint density at radius 3 is 2.36 bits per heavy atom. The van der Waals surface area contributed by atoms with E-state index in [2.05, 4.69) is 34.5 Å². The van der Waals surface area contributed by atoms with Gasteiger partial charge in [-0.1, -0.05) is 30.3 Å². The minimum atomic E-state index is 0.0665. The lowest BCUT2D eigenvalue weighted by Gasteiger charge is -2.28. The van der Waals surface area contributed by atoms with Crippen LogP contribution in [0.4, 0.5) is 11.4 Å². The van der Waals surface area contributed by atoms with Crippen LogP contribution < -0.4 is 10.2 Å². The highest BCUT2D eigenvalue weighted by molar-refractivity contribution is 5.52. The van der Waals surface area contributed by atoms with Crippen molar-refractivity contribution in [1.29, 1.82) is 0 Å². The molecule has 0 spiro atoms. The van der Waals surface area contributed by atoms with Crippen LogP contribution >= 0.6 is 0 Å². The first-order chi connectivity index (χ1) is 10.9. The van der Waals surface area contributed by atoms with Crippen molar-refractivity contribution in [2.24, 2.45) is 0 Å². The first kappa shape index (κ1) is 14.9. The van der Waals surface area contributed by atoms with Crippen molar-refractivity contribution >= 4 is 11.4 Å². The highest BCUT2D eigenvalue weighted by Crippen LogP contribution is 2.21. The molecule has 116 valence electrons. The molecule has 0 aliphatic carbocycles. The number of nitrogens with zero attached hydrogens (tertiary/aromatic N) is 1. The van der Waals surface area contributed by atoms with E-state index < -0.39 is 0 Å². The van der Waals surface area contributed by atoms with Gasteiger partial charge in [0.25, 0.3) is 0 Å². The fraction of sp³-hybridized carbons (Fsp3) is 0.368. The van der Waals surface area contributed by atoms with Gasteiger partial charge in [0, 0.05) is 36.6 Å². The third-order valence-corrected chi connectivity index (χ3v) is 4.33. The summed E-state index contributed by atoms with van der Waals surface area (Å²) in [4.78, 5) is 2.47. The summed E-state index contributed by atoms with van der Waals surface area (Å²) in [6.07, 6.45) is 3.98. The monoisotopic (exact) mass is 296 g/mol. The van der Waals surface area contributed by atoms with E-state index in [-0.39, 0.29) is 6.61 Å². The molecule has 0 saturated carbocycles. The Hall–Kier alpha value is -2.00. The van der Waals surface area contributed by atoms with Gasteiger partial charge in [-0.25, -0.2) is 0 Å². The van der Waals surface area contributed by atoms with Gasteiger partial charge in [0.05, 0.1) is 6.61 Å². The van der Waals surface area contributed by atoms with Gasteiger partial charge in [-0.2, -0.15) is 0 Å². The maximum Gasteiger partial charge on any atom is 0.0701 e. The molecule has 2 N–H and O–H groups in total. The van der Waals surface area contributed by atoms with Crippen LogP contribution in [0.25, 0.3) is 0 Å². The van der Waals surface area contributed by atoms with E-state index in [4.69, 9.17) is 0 Å². The summed E-state index contributed by atoms with van der Waals surface area (Å²) < 4.78 is 0. The van der Waals surface area contributed by atoms with Gasteiger partial charge in [-0.3, -0.25) is 0 Å². The zero-order chi connectivity index (χ0) is 15.2. The molecule has 1 fully saturated rings. The molecular weight excluding hydrogens is 272 g/mol. The normalized spacial score (nSPS) is 14.9. The second-order valence-corrected chi connectivity index (χ2v) is 5.88. The number of aliphatic hydroxyl groups excluding tert-OH is 1. The summed E-state index contributed by atoms with van der Waals surface area (Å²) in [5.74, 6) is 0. The van der Waals surface area contributed by atoms with Gasteiger partial charge in [0.2, 0.25) is 0 Å². The van der Waals surface area contributed by atoms with Crippen LogP contribution in [-0.2, 0) is 13.2 Å². The molecule has 1 saturated heterocycles. The van der Waals surface area contributed by atoms with E-state index in [1.807, 2.05) is 24.3 Å². The maximum absolute atomic E-state index is 9.35. The largest absolute Gasteiger partial charge is 0.392 e. The van der Waals surface area contributed by atoms with Gasteiger partial charge in [-0.15, -0.1) is 0 Å². The lowest BCUT2D eigenvalue weighted by atomic mass is 10.1. The Labute approximate surface area is 132 Å². The number of hydrogen-bond donors (Lipinski definition) is 2. The Morgan fingerprint density at radius 1 is 0.909 bits per heavy atom. The average molecular weight is 296 g/mol. The van der Waals surface area contributed by atoms with Crippen molar-refractivity contribution in [2.75, 3.05) is 23.3 Å². The Balaban J connectivity index is 1.61. The molecule has 0 unspecified atom stereocenters. The Morgan fingerprint density at radius 2 is 1.64 bits per heavy atom.